The summed E-state index contributed by atoms with van der Waals surface area (Å²) >= 11 is 7.24. The summed E-state index contributed by atoms with van der Waals surface area (Å²) in [4.78, 5) is 22.2. The number of benzene rings is 1. The maximum Gasteiger partial charge on any atom is 0.239 e. The zero-order valence-corrected chi connectivity index (χ0v) is 11.6. The number of thioether (sulfide) groups is 1. The summed E-state index contributed by atoms with van der Waals surface area (Å²) in [5.74, 6) is 0.279. The molecule has 0 fully saturated rings. The summed E-state index contributed by atoms with van der Waals surface area (Å²) in [5, 5.41) is 3.21. The van der Waals surface area contributed by atoms with Gasteiger partial charge in [0, 0.05) is 10.8 Å². The van der Waals surface area contributed by atoms with Crippen molar-refractivity contribution in [3.8, 4) is 0 Å². The van der Waals surface area contributed by atoms with Gasteiger partial charge in [-0.25, -0.2) is 0 Å². The number of primary amides is 1. The van der Waals surface area contributed by atoms with Crippen molar-refractivity contribution in [2.75, 3.05) is 5.75 Å². The average Bonchev–Trinajstić information content (AvgIpc) is 2.31. The maximum absolute atomic E-state index is 11.4. The van der Waals surface area contributed by atoms with E-state index in [9.17, 15) is 9.59 Å². The Morgan fingerprint density at radius 3 is 2.56 bits per heavy atom. The number of carbonyl (C=O) groups is 2. The van der Waals surface area contributed by atoms with E-state index in [1.165, 1.54) is 11.8 Å². The topological polar surface area (TPSA) is 72.2 Å². The van der Waals surface area contributed by atoms with Crippen molar-refractivity contribution in [3.63, 3.8) is 0 Å². The Morgan fingerprint density at radius 1 is 1.39 bits per heavy atom. The predicted molar refractivity (Wildman–Crippen MR) is 74.4 cm³/mol. The molecule has 2 amide bonds. The molecule has 1 unspecified atom stereocenters. The average molecular weight is 287 g/mol. The molecule has 0 saturated carbocycles. The highest BCUT2D eigenvalue weighted by Gasteiger charge is 2.11. The van der Waals surface area contributed by atoms with Gasteiger partial charge in [-0.05, 0) is 24.6 Å². The van der Waals surface area contributed by atoms with E-state index in [0.717, 1.165) is 11.3 Å². The number of hydrogen-bond acceptors (Lipinski definition) is 3. The number of rotatable bonds is 6. The Kier molecular flexibility index (Phi) is 6.01. The highest BCUT2D eigenvalue weighted by Crippen LogP contribution is 2.15. The molecule has 0 saturated heterocycles. The zero-order valence-electron chi connectivity index (χ0n) is 9.98. The largest absolute Gasteiger partial charge is 0.368 e. The van der Waals surface area contributed by atoms with Crippen LogP contribution in [-0.2, 0) is 15.3 Å². The van der Waals surface area contributed by atoms with Crippen molar-refractivity contribution in [3.05, 3.63) is 34.9 Å². The van der Waals surface area contributed by atoms with E-state index < -0.39 is 11.9 Å². The molecule has 0 heterocycles. The van der Waals surface area contributed by atoms with Gasteiger partial charge in [0.2, 0.25) is 11.8 Å². The van der Waals surface area contributed by atoms with Gasteiger partial charge >= 0.3 is 0 Å². The Morgan fingerprint density at radius 2 is 2.00 bits per heavy atom. The highest BCUT2D eigenvalue weighted by molar-refractivity contribution is 7.99. The van der Waals surface area contributed by atoms with Gasteiger partial charge in [0.05, 0.1) is 5.75 Å². The molecule has 1 aromatic carbocycles. The summed E-state index contributed by atoms with van der Waals surface area (Å²) in [5.41, 5.74) is 6.14. The van der Waals surface area contributed by atoms with Crippen LogP contribution in [0.4, 0.5) is 0 Å². The SMILES string of the molecule is CC(NC(=O)CSCc1ccc(Cl)cc1)C(N)=O. The van der Waals surface area contributed by atoms with E-state index in [2.05, 4.69) is 5.32 Å². The van der Waals surface area contributed by atoms with Crippen LogP contribution in [-0.4, -0.2) is 23.6 Å². The van der Waals surface area contributed by atoms with Crippen molar-refractivity contribution < 1.29 is 9.59 Å². The van der Waals surface area contributed by atoms with Crippen LogP contribution < -0.4 is 11.1 Å². The fraction of sp³-hybridized carbons (Fsp3) is 0.333. The zero-order chi connectivity index (χ0) is 13.5. The van der Waals surface area contributed by atoms with E-state index in [0.29, 0.717) is 10.8 Å². The van der Waals surface area contributed by atoms with Crippen LogP contribution in [0.1, 0.15) is 12.5 Å². The number of halogens is 1. The number of amides is 2. The lowest BCUT2D eigenvalue weighted by Crippen LogP contribution is -2.42. The summed E-state index contributed by atoms with van der Waals surface area (Å²) in [6.07, 6.45) is 0. The fourth-order valence-electron chi connectivity index (χ4n) is 1.20. The molecular weight excluding hydrogens is 272 g/mol. The summed E-state index contributed by atoms with van der Waals surface area (Å²) in [6, 6.07) is 6.83. The normalized spacial score (nSPS) is 11.9. The van der Waals surface area contributed by atoms with Gasteiger partial charge < -0.3 is 11.1 Å². The van der Waals surface area contributed by atoms with Gasteiger partial charge in [-0.2, -0.15) is 0 Å². The second-order valence-electron chi connectivity index (χ2n) is 3.81. The summed E-state index contributed by atoms with van der Waals surface area (Å²) in [7, 11) is 0. The molecule has 0 aromatic heterocycles. The lowest BCUT2D eigenvalue weighted by molar-refractivity contribution is -0.125. The Labute approximate surface area is 115 Å². The van der Waals surface area contributed by atoms with Crippen molar-refractivity contribution in [2.45, 2.75) is 18.7 Å². The Hall–Kier alpha value is -1.20. The molecule has 1 atom stereocenters. The maximum atomic E-state index is 11.4. The first-order valence-electron chi connectivity index (χ1n) is 5.40. The van der Waals surface area contributed by atoms with Crippen LogP contribution in [0.15, 0.2) is 24.3 Å². The molecule has 0 bridgehead atoms. The van der Waals surface area contributed by atoms with Crippen LogP contribution in [0.25, 0.3) is 0 Å². The standard InChI is InChI=1S/C12H15ClN2O2S/c1-8(12(14)17)15-11(16)7-18-6-9-2-4-10(13)5-3-9/h2-5,8H,6-7H2,1H3,(H2,14,17)(H,15,16). The van der Waals surface area contributed by atoms with Gasteiger partial charge in [0.1, 0.15) is 6.04 Å². The van der Waals surface area contributed by atoms with Gasteiger partial charge in [-0.15, -0.1) is 11.8 Å². The van der Waals surface area contributed by atoms with E-state index >= 15 is 0 Å². The minimum Gasteiger partial charge on any atom is -0.368 e. The van der Waals surface area contributed by atoms with Crippen molar-refractivity contribution in [1.82, 2.24) is 5.32 Å². The lowest BCUT2D eigenvalue weighted by Gasteiger charge is -2.09. The molecule has 0 aliphatic carbocycles. The molecule has 0 spiro atoms. The monoisotopic (exact) mass is 286 g/mol. The van der Waals surface area contributed by atoms with Crippen molar-refractivity contribution in [1.29, 1.82) is 0 Å². The third-order valence-corrected chi connectivity index (χ3v) is 3.48. The molecule has 1 aromatic rings. The minimum atomic E-state index is -0.631. The molecule has 3 N–H and O–H groups in total. The highest BCUT2D eigenvalue weighted by atomic mass is 35.5. The third kappa shape index (κ3) is 5.42. The Balaban J connectivity index is 2.27. The van der Waals surface area contributed by atoms with Gasteiger partial charge in [0.15, 0.2) is 0 Å². The molecule has 0 aliphatic rings. The second kappa shape index (κ2) is 7.28. The van der Waals surface area contributed by atoms with E-state index in [-0.39, 0.29) is 5.91 Å². The predicted octanol–water partition coefficient (Wildman–Crippen LogP) is 1.56. The van der Waals surface area contributed by atoms with Gasteiger partial charge in [-0.3, -0.25) is 9.59 Å². The van der Waals surface area contributed by atoms with Crippen molar-refractivity contribution >= 4 is 35.2 Å². The smallest absolute Gasteiger partial charge is 0.239 e. The van der Waals surface area contributed by atoms with Crippen LogP contribution in [0.2, 0.25) is 5.02 Å². The molecule has 0 aliphatic heterocycles. The van der Waals surface area contributed by atoms with Crippen LogP contribution in [0, 0.1) is 0 Å². The number of nitrogens with two attached hydrogens (primary N) is 1. The van der Waals surface area contributed by atoms with Crippen LogP contribution in [0.3, 0.4) is 0 Å². The van der Waals surface area contributed by atoms with Gasteiger partial charge in [-0.1, -0.05) is 23.7 Å². The van der Waals surface area contributed by atoms with Gasteiger partial charge in [0.25, 0.3) is 0 Å². The number of carbonyl (C=O) groups excluding carboxylic acids is 2. The molecule has 1 rings (SSSR count). The van der Waals surface area contributed by atoms with E-state index in [4.69, 9.17) is 17.3 Å². The molecule has 0 radical (unpaired) electrons. The summed E-state index contributed by atoms with van der Waals surface area (Å²) < 4.78 is 0. The van der Waals surface area contributed by atoms with Crippen LogP contribution in [0.5, 0.6) is 0 Å². The molecule has 6 heteroatoms. The Bertz CT molecular complexity index is 423. The molecule has 18 heavy (non-hydrogen) atoms. The van der Waals surface area contributed by atoms with Crippen molar-refractivity contribution in [2.24, 2.45) is 5.73 Å². The number of nitrogens with one attached hydrogen (secondary N) is 1. The number of hydrogen-bond donors (Lipinski definition) is 2. The minimum absolute atomic E-state index is 0.194. The van der Waals surface area contributed by atoms with E-state index in [1.54, 1.807) is 6.92 Å². The summed E-state index contributed by atoms with van der Waals surface area (Å²) in [6.45, 7) is 1.56. The molecule has 98 valence electrons. The third-order valence-electron chi connectivity index (χ3n) is 2.22. The first kappa shape index (κ1) is 14.9. The van der Waals surface area contributed by atoms with E-state index in [1.807, 2.05) is 24.3 Å². The molecule has 4 nitrogen and oxygen atoms in total. The second-order valence-corrected chi connectivity index (χ2v) is 5.23. The molecular formula is C12H15ClN2O2S. The first-order valence-corrected chi connectivity index (χ1v) is 6.93. The van der Waals surface area contributed by atoms with Crippen LogP contribution >= 0.6 is 23.4 Å². The lowest BCUT2D eigenvalue weighted by atomic mass is 10.2. The quantitative estimate of drug-likeness (QED) is 0.834. The fourth-order valence-corrected chi connectivity index (χ4v) is 2.12. The first-order chi connectivity index (χ1) is 8.49.